The van der Waals surface area contributed by atoms with Crippen LogP contribution in [0.25, 0.3) is 11.0 Å². The zero-order valence-electron chi connectivity index (χ0n) is 7.63. The van der Waals surface area contributed by atoms with Crippen molar-refractivity contribution in [3.8, 4) is 0 Å². The number of rotatable bonds is 2. The first kappa shape index (κ1) is 11.9. The summed E-state index contributed by atoms with van der Waals surface area (Å²) in [4.78, 5) is 19.9. The molecule has 1 heterocycles. The van der Waals surface area contributed by atoms with Gasteiger partial charge in [0.15, 0.2) is 0 Å². The summed E-state index contributed by atoms with van der Waals surface area (Å²) in [5, 5.41) is 28.0. The van der Waals surface area contributed by atoms with Crippen LogP contribution in [0.3, 0.4) is 0 Å². The average Bonchev–Trinajstić information content (AvgIpc) is 2.58. The number of halogens is 1. The fourth-order valence-corrected chi connectivity index (χ4v) is 1.95. The minimum atomic E-state index is -0.821. The van der Waals surface area contributed by atoms with Crippen molar-refractivity contribution in [1.82, 2.24) is 13.4 Å². The molecular formula is C6HAgClN5O4. The van der Waals surface area contributed by atoms with Gasteiger partial charge in [0.1, 0.15) is 0 Å². The van der Waals surface area contributed by atoms with E-state index in [9.17, 15) is 20.2 Å². The Morgan fingerprint density at radius 3 is 2.53 bits per heavy atom. The first-order valence-electron chi connectivity index (χ1n) is 3.93. The number of nitrogens with zero attached hydrogens (tertiary/aromatic N) is 5. The molecule has 2 aromatic rings. The molecule has 2 rings (SSSR count). The number of hydrogen-bond acceptors (Lipinski definition) is 6. The van der Waals surface area contributed by atoms with Gasteiger partial charge in [-0.3, -0.25) is 0 Å². The molecule has 0 aliphatic rings. The van der Waals surface area contributed by atoms with Gasteiger partial charge < -0.3 is 0 Å². The molecule has 0 N–H and O–H groups in total. The second-order valence-electron chi connectivity index (χ2n) is 2.86. The number of nitro groups is 2. The van der Waals surface area contributed by atoms with Gasteiger partial charge in [0.05, 0.1) is 0 Å². The molecule has 0 spiro atoms. The van der Waals surface area contributed by atoms with Crippen LogP contribution in [0.5, 0.6) is 0 Å². The third-order valence-electron chi connectivity index (χ3n) is 1.94. The Morgan fingerprint density at radius 2 is 2.00 bits per heavy atom. The summed E-state index contributed by atoms with van der Waals surface area (Å²) in [6.07, 6.45) is 0. The molecule has 0 saturated carbocycles. The molecule has 1 aromatic carbocycles. The Bertz CT molecular complexity index is 655. The summed E-state index contributed by atoms with van der Waals surface area (Å²) >= 11 is 8.54. The predicted molar refractivity (Wildman–Crippen MR) is 51.2 cm³/mol. The molecule has 92 valence electrons. The summed E-state index contributed by atoms with van der Waals surface area (Å²) in [7, 11) is 0. The van der Waals surface area contributed by atoms with Crippen molar-refractivity contribution < 1.29 is 31.2 Å². The summed E-state index contributed by atoms with van der Waals surface area (Å²) in [5.41, 5.74) is -1.23. The van der Waals surface area contributed by atoms with E-state index in [0.717, 1.165) is 9.15 Å². The molecule has 0 atom stereocenters. The molecule has 0 aliphatic carbocycles. The second kappa shape index (κ2) is 4.04. The van der Waals surface area contributed by atoms with Crippen LogP contribution in [0, 0.1) is 20.2 Å². The third-order valence-corrected chi connectivity index (χ3v) is 2.78. The van der Waals surface area contributed by atoms with E-state index in [2.05, 4.69) is 31.6 Å². The number of benzene rings is 1. The van der Waals surface area contributed by atoms with Gasteiger partial charge in [-0.05, 0) is 0 Å². The number of fused-ring (bicyclic) bond motifs is 1. The monoisotopic (exact) mass is 349 g/mol. The van der Waals surface area contributed by atoms with E-state index in [1.165, 1.54) is 0 Å². The van der Waals surface area contributed by atoms with Gasteiger partial charge in [0, 0.05) is 0 Å². The minimum absolute atomic E-state index is 0.00370. The van der Waals surface area contributed by atoms with E-state index in [-0.39, 0.29) is 11.0 Å². The third kappa shape index (κ3) is 1.78. The van der Waals surface area contributed by atoms with E-state index in [1.54, 1.807) is 0 Å². The summed E-state index contributed by atoms with van der Waals surface area (Å²) in [6, 6.07) is 1.02. The quantitative estimate of drug-likeness (QED) is 0.456. The molecule has 9 nitrogen and oxygen atoms in total. The molecule has 11 heteroatoms. The predicted octanol–water partition coefficient (Wildman–Crippen LogP) is 1.21. The van der Waals surface area contributed by atoms with Crippen LogP contribution in [-0.4, -0.2) is 23.2 Å². The second-order valence-corrected chi connectivity index (χ2v) is 3.86. The zero-order valence-corrected chi connectivity index (χ0v) is 9.86. The van der Waals surface area contributed by atoms with Crippen molar-refractivity contribution in [2.24, 2.45) is 0 Å². The number of nitro benzene ring substituents is 2. The fraction of sp³-hybridized carbons (Fsp3) is 0. The SMILES string of the molecule is O=[N+]([O-])c1cc2nn[n]([Ag])c2c([N+](=O)[O-])c1Cl. The normalized spacial score (nSPS) is 10.8. The average molecular weight is 350 g/mol. The molecule has 0 fully saturated rings. The van der Waals surface area contributed by atoms with Gasteiger partial charge in [-0.25, -0.2) is 0 Å². The maximum absolute atomic E-state index is 10.9. The number of aromatic nitrogens is 3. The van der Waals surface area contributed by atoms with Gasteiger partial charge in [0.2, 0.25) is 0 Å². The first-order valence-corrected chi connectivity index (χ1v) is 4.97. The summed E-state index contributed by atoms with van der Waals surface area (Å²) < 4.78 is 0.952. The maximum atomic E-state index is 10.9. The molecule has 0 bridgehead atoms. The molecule has 0 unspecified atom stereocenters. The molecule has 1 aromatic heterocycles. The van der Waals surface area contributed by atoms with Crippen molar-refractivity contribution in [2.75, 3.05) is 0 Å². The summed E-state index contributed by atoms with van der Waals surface area (Å²) in [5.74, 6) is 0. The molecular weight excluding hydrogens is 349 g/mol. The molecule has 0 amide bonds. The van der Waals surface area contributed by atoms with Gasteiger partial charge in [-0.15, -0.1) is 0 Å². The Balaban J connectivity index is 2.98. The Hall–Kier alpha value is -1.55. The molecule has 0 saturated heterocycles. The van der Waals surface area contributed by atoms with Crippen molar-refractivity contribution in [2.45, 2.75) is 0 Å². The van der Waals surface area contributed by atoms with Crippen LogP contribution in [0.1, 0.15) is 0 Å². The zero-order chi connectivity index (χ0) is 12.7. The van der Waals surface area contributed by atoms with E-state index in [4.69, 9.17) is 11.6 Å². The Labute approximate surface area is 110 Å². The van der Waals surface area contributed by atoms with Crippen LogP contribution < -0.4 is 0 Å². The van der Waals surface area contributed by atoms with E-state index in [0.29, 0.717) is 0 Å². The van der Waals surface area contributed by atoms with Crippen molar-refractivity contribution in [3.63, 3.8) is 0 Å². The van der Waals surface area contributed by atoms with Gasteiger partial charge in [0.25, 0.3) is 0 Å². The van der Waals surface area contributed by atoms with Crippen LogP contribution in [0.15, 0.2) is 6.07 Å². The summed E-state index contributed by atoms with van der Waals surface area (Å²) in [6.45, 7) is 0. The molecule has 0 radical (unpaired) electrons. The van der Waals surface area contributed by atoms with Gasteiger partial charge in [-0.1, -0.05) is 0 Å². The van der Waals surface area contributed by atoms with Crippen molar-refractivity contribution in [3.05, 3.63) is 31.3 Å². The van der Waals surface area contributed by atoms with Gasteiger partial charge in [-0.2, -0.15) is 0 Å². The van der Waals surface area contributed by atoms with Crippen LogP contribution in [0.4, 0.5) is 11.4 Å². The van der Waals surface area contributed by atoms with E-state index >= 15 is 0 Å². The van der Waals surface area contributed by atoms with Crippen LogP contribution in [-0.2, 0) is 21.3 Å². The Kier molecular flexibility index (Phi) is 2.83. The standard InChI is InChI=1S/C6HClN5O4.Ag/c7-4-3(11(13)14)1-2-5(9-10-8-2)6(4)12(15)16;/h1H;/q-1;+1. The van der Waals surface area contributed by atoms with Crippen LogP contribution >= 0.6 is 11.6 Å². The van der Waals surface area contributed by atoms with Crippen LogP contribution in [0.2, 0.25) is 5.02 Å². The fourth-order valence-electron chi connectivity index (χ4n) is 1.28. The molecule has 17 heavy (non-hydrogen) atoms. The topological polar surface area (TPSA) is 117 Å². The number of hydrogen-bond donors (Lipinski definition) is 0. The van der Waals surface area contributed by atoms with E-state index in [1.807, 2.05) is 0 Å². The van der Waals surface area contributed by atoms with Crippen molar-refractivity contribution in [1.29, 1.82) is 0 Å². The Morgan fingerprint density at radius 1 is 1.35 bits per heavy atom. The van der Waals surface area contributed by atoms with Gasteiger partial charge >= 0.3 is 110 Å². The van der Waals surface area contributed by atoms with Crippen molar-refractivity contribution >= 4 is 34.0 Å². The first-order chi connectivity index (χ1) is 7.93. The van der Waals surface area contributed by atoms with E-state index < -0.39 is 26.2 Å². The molecule has 0 aliphatic heterocycles.